The summed E-state index contributed by atoms with van der Waals surface area (Å²) in [7, 11) is 0. The standard InChI is InChI=1S/C13H25N3O2/c1-4-7-15-12(17)10(3)16-13(18)11-6-5-8-14-9(11)2/h9-11,14H,4-8H2,1-3H3,(H,15,17)(H,16,18). The summed E-state index contributed by atoms with van der Waals surface area (Å²) in [6, 6.07) is -0.275. The molecule has 5 heteroatoms. The van der Waals surface area contributed by atoms with E-state index in [-0.39, 0.29) is 23.8 Å². The number of carbonyl (C=O) groups excluding carboxylic acids is 2. The summed E-state index contributed by atoms with van der Waals surface area (Å²) < 4.78 is 0. The van der Waals surface area contributed by atoms with Crippen molar-refractivity contribution >= 4 is 11.8 Å². The molecule has 5 nitrogen and oxygen atoms in total. The molecule has 0 spiro atoms. The van der Waals surface area contributed by atoms with Crippen LogP contribution >= 0.6 is 0 Å². The highest BCUT2D eigenvalue weighted by molar-refractivity contribution is 5.88. The van der Waals surface area contributed by atoms with Crippen molar-refractivity contribution in [2.24, 2.45) is 5.92 Å². The molecule has 0 radical (unpaired) electrons. The fourth-order valence-corrected chi connectivity index (χ4v) is 2.19. The van der Waals surface area contributed by atoms with Crippen LogP contribution in [-0.2, 0) is 9.59 Å². The van der Waals surface area contributed by atoms with Gasteiger partial charge in [-0.1, -0.05) is 6.92 Å². The molecule has 3 N–H and O–H groups in total. The first kappa shape index (κ1) is 15.0. The molecule has 2 amide bonds. The van der Waals surface area contributed by atoms with Gasteiger partial charge in [-0.15, -0.1) is 0 Å². The second kappa shape index (κ2) is 7.36. The van der Waals surface area contributed by atoms with Gasteiger partial charge in [0.15, 0.2) is 0 Å². The van der Waals surface area contributed by atoms with Gasteiger partial charge in [0.2, 0.25) is 11.8 Å². The van der Waals surface area contributed by atoms with Crippen LogP contribution in [0.5, 0.6) is 0 Å². The van der Waals surface area contributed by atoms with Crippen LogP contribution < -0.4 is 16.0 Å². The smallest absolute Gasteiger partial charge is 0.242 e. The molecule has 1 aliphatic rings. The second-order valence-corrected chi connectivity index (χ2v) is 5.01. The molecule has 0 aromatic carbocycles. The Bertz CT molecular complexity index is 294. The summed E-state index contributed by atoms with van der Waals surface area (Å²) in [6.45, 7) is 7.37. The Hall–Kier alpha value is -1.10. The van der Waals surface area contributed by atoms with Gasteiger partial charge in [0.1, 0.15) is 6.04 Å². The van der Waals surface area contributed by atoms with Gasteiger partial charge in [-0.3, -0.25) is 9.59 Å². The molecule has 104 valence electrons. The summed E-state index contributed by atoms with van der Waals surface area (Å²) in [5.41, 5.74) is 0. The minimum Gasteiger partial charge on any atom is -0.354 e. The Morgan fingerprint density at radius 1 is 1.44 bits per heavy atom. The van der Waals surface area contributed by atoms with E-state index in [0.29, 0.717) is 6.54 Å². The topological polar surface area (TPSA) is 70.2 Å². The van der Waals surface area contributed by atoms with Gasteiger partial charge in [0.25, 0.3) is 0 Å². The molecule has 1 heterocycles. The first-order chi connectivity index (χ1) is 8.56. The molecular weight excluding hydrogens is 230 g/mol. The Balaban J connectivity index is 2.40. The lowest BCUT2D eigenvalue weighted by Crippen LogP contribution is -2.51. The third-order valence-corrected chi connectivity index (χ3v) is 3.40. The molecule has 1 fully saturated rings. The van der Waals surface area contributed by atoms with E-state index in [1.54, 1.807) is 6.92 Å². The predicted octanol–water partition coefficient (Wildman–Crippen LogP) is 0.405. The maximum atomic E-state index is 12.1. The number of rotatable bonds is 5. The van der Waals surface area contributed by atoms with Gasteiger partial charge in [0.05, 0.1) is 5.92 Å². The second-order valence-electron chi connectivity index (χ2n) is 5.01. The lowest BCUT2D eigenvalue weighted by Gasteiger charge is -2.29. The molecule has 3 atom stereocenters. The fraction of sp³-hybridized carbons (Fsp3) is 0.846. The van der Waals surface area contributed by atoms with Crippen LogP contribution in [0.4, 0.5) is 0 Å². The van der Waals surface area contributed by atoms with Crippen molar-refractivity contribution < 1.29 is 9.59 Å². The van der Waals surface area contributed by atoms with Crippen LogP contribution in [0.2, 0.25) is 0 Å². The van der Waals surface area contributed by atoms with E-state index in [2.05, 4.69) is 16.0 Å². The van der Waals surface area contributed by atoms with Gasteiger partial charge in [-0.2, -0.15) is 0 Å². The molecule has 0 aromatic rings. The maximum absolute atomic E-state index is 12.1. The molecule has 3 unspecified atom stereocenters. The maximum Gasteiger partial charge on any atom is 0.242 e. The minimum atomic E-state index is -0.460. The average molecular weight is 255 g/mol. The number of nitrogens with one attached hydrogen (secondary N) is 3. The predicted molar refractivity (Wildman–Crippen MR) is 71.1 cm³/mol. The van der Waals surface area contributed by atoms with Crippen molar-refractivity contribution in [3.8, 4) is 0 Å². The third-order valence-electron chi connectivity index (χ3n) is 3.40. The van der Waals surface area contributed by atoms with Crippen molar-refractivity contribution in [2.75, 3.05) is 13.1 Å². The van der Waals surface area contributed by atoms with E-state index in [1.807, 2.05) is 13.8 Å². The quantitative estimate of drug-likeness (QED) is 0.666. The molecule has 0 aliphatic carbocycles. The molecule has 0 saturated carbocycles. The van der Waals surface area contributed by atoms with Crippen molar-refractivity contribution in [1.29, 1.82) is 0 Å². The average Bonchev–Trinajstić information content (AvgIpc) is 2.36. The van der Waals surface area contributed by atoms with E-state index >= 15 is 0 Å². The lowest BCUT2D eigenvalue weighted by molar-refractivity contribution is -0.131. The summed E-state index contributed by atoms with van der Waals surface area (Å²) in [6.07, 6.45) is 2.80. The van der Waals surface area contributed by atoms with E-state index in [1.165, 1.54) is 0 Å². The number of piperidine rings is 1. The van der Waals surface area contributed by atoms with E-state index in [4.69, 9.17) is 0 Å². The normalized spacial score (nSPS) is 25.3. The van der Waals surface area contributed by atoms with Crippen LogP contribution in [-0.4, -0.2) is 37.0 Å². The summed E-state index contributed by atoms with van der Waals surface area (Å²) in [5, 5.41) is 8.87. The fourth-order valence-electron chi connectivity index (χ4n) is 2.19. The summed E-state index contributed by atoms with van der Waals surface area (Å²) in [5.74, 6) is -0.157. The number of hydrogen-bond acceptors (Lipinski definition) is 3. The van der Waals surface area contributed by atoms with E-state index in [0.717, 1.165) is 25.8 Å². The molecule has 1 aliphatic heterocycles. The van der Waals surface area contributed by atoms with Crippen molar-refractivity contribution in [1.82, 2.24) is 16.0 Å². The third kappa shape index (κ3) is 4.29. The molecular formula is C13H25N3O2. The first-order valence-corrected chi connectivity index (χ1v) is 6.87. The number of hydrogen-bond donors (Lipinski definition) is 3. The van der Waals surface area contributed by atoms with Gasteiger partial charge < -0.3 is 16.0 Å². The SMILES string of the molecule is CCCNC(=O)C(C)NC(=O)C1CCCNC1C. The Morgan fingerprint density at radius 2 is 2.17 bits per heavy atom. The molecule has 1 saturated heterocycles. The van der Waals surface area contributed by atoms with Gasteiger partial charge >= 0.3 is 0 Å². The first-order valence-electron chi connectivity index (χ1n) is 6.87. The van der Waals surface area contributed by atoms with Crippen LogP contribution in [0.25, 0.3) is 0 Å². The Labute approximate surface area is 109 Å². The van der Waals surface area contributed by atoms with Gasteiger partial charge in [-0.25, -0.2) is 0 Å². The van der Waals surface area contributed by atoms with Gasteiger partial charge in [-0.05, 0) is 39.7 Å². The van der Waals surface area contributed by atoms with Crippen molar-refractivity contribution in [2.45, 2.75) is 52.1 Å². The van der Waals surface area contributed by atoms with Crippen molar-refractivity contribution in [3.63, 3.8) is 0 Å². The van der Waals surface area contributed by atoms with E-state index < -0.39 is 6.04 Å². The number of amides is 2. The van der Waals surface area contributed by atoms with Crippen molar-refractivity contribution in [3.05, 3.63) is 0 Å². The van der Waals surface area contributed by atoms with Crippen LogP contribution in [0, 0.1) is 5.92 Å². The monoisotopic (exact) mass is 255 g/mol. The van der Waals surface area contributed by atoms with Gasteiger partial charge in [0, 0.05) is 12.6 Å². The molecule has 1 rings (SSSR count). The summed E-state index contributed by atoms with van der Waals surface area (Å²) in [4.78, 5) is 23.7. The summed E-state index contributed by atoms with van der Waals surface area (Å²) >= 11 is 0. The molecule has 0 aromatic heterocycles. The number of carbonyl (C=O) groups is 2. The Kier molecular flexibility index (Phi) is 6.12. The van der Waals surface area contributed by atoms with Crippen LogP contribution in [0.3, 0.4) is 0 Å². The highest BCUT2D eigenvalue weighted by Gasteiger charge is 2.29. The molecule has 0 bridgehead atoms. The Morgan fingerprint density at radius 3 is 2.78 bits per heavy atom. The molecule has 18 heavy (non-hydrogen) atoms. The highest BCUT2D eigenvalue weighted by Crippen LogP contribution is 2.16. The zero-order valence-electron chi connectivity index (χ0n) is 11.6. The minimum absolute atomic E-state index is 0.0196. The highest BCUT2D eigenvalue weighted by atomic mass is 16.2. The van der Waals surface area contributed by atoms with Crippen LogP contribution in [0.15, 0.2) is 0 Å². The zero-order chi connectivity index (χ0) is 13.5. The van der Waals surface area contributed by atoms with E-state index in [9.17, 15) is 9.59 Å². The van der Waals surface area contributed by atoms with Crippen LogP contribution in [0.1, 0.15) is 40.0 Å². The zero-order valence-corrected chi connectivity index (χ0v) is 11.6. The largest absolute Gasteiger partial charge is 0.354 e. The lowest BCUT2D eigenvalue weighted by atomic mass is 9.91.